The molecule has 0 saturated carbocycles. The molecule has 27 heavy (non-hydrogen) atoms. The predicted octanol–water partition coefficient (Wildman–Crippen LogP) is 5.58. The minimum atomic E-state index is -0.0716. The van der Waals surface area contributed by atoms with Crippen LogP contribution in [0.2, 0.25) is 0 Å². The zero-order chi connectivity index (χ0) is 19.3. The molecule has 0 fully saturated rings. The number of fused-ring (bicyclic) bond motifs is 3. The second-order valence-corrected chi connectivity index (χ2v) is 7.50. The molecule has 0 aliphatic rings. The summed E-state index contributed by atoms with van der Waals surface area (Å²) in [6, 6.07) is 16.5. The van der Waals surface area contributed by atoms with Crippen LogP contribution >= 0.6 is 0 Å². The number of carbonyl (C=O) groups is 1. The number of aryl methyl sites for hydroxylation is 2. The maximum Gasteiger partial charge on any atom is 0.272 e. The van der Waals surface area contributed by atoms with Gasteiger partial charge >= 0.3 is 0 Å². The van der Waals surface area contributed by atoms with Gasteiger partial charge in [-0.25, -0.2) is 0 Å². The Morgan fingerprint density at radius 1 is 1.00 bits per heavy atom. The van der Waals surface area contributed by atoms with E-state index in [9.17, 15) is 4.79 Å². The van der Waals surface area contributed by atoms with Crippen LogP contribution in [-0.4, -0.2) is 15.0 Å². The highest BCUT2D eigenvalue weighted by molar-refractivity contribution is 6.12. The Kier molecular flexibility index (Phi) is 4.06. The zero-order valence-electron chi connectivity index (χ0n) is 16.5. The number of nitrogens with one attached hydrogen (secondary N) is 1. The SMILES string of the molecule is Cc1cccc(NC(=O)c2cc3c(c4ccccc4n3C)n2C(C)C)c1C. The predicted molar refractivity (Wildman–Crippen MR) is 113 cm³/mol. The van der Waals surface area contributed by atoms with Crippen LogP contribution in [0.1, 0.15) is 41.5 Å². The number of hydrogen-bond acceptors (Lipinski definition) is 1. The first kappa shape index (κ1) is 17.4. The van der Waals surface area contributed by atoms with Gasteiger partial charge in [0.05, 0.1) is 16.6 Å². The second kappa shape index (κ2) is 6.31. The highest BCUT2D eigenvalue weighted by Crippen LogP contribution is 2.33. The van der Waals surface area contributed by atoms with Gasteiger partial charge < -0.3 is 14.5 Å². The van der Waals surface area contributed by atoms with Crippen LogP contribution < -0.4 is 5.32 Å². The summed E-state index contributed by atoms with van der Waals surface area (Å²) in [6.45, 7) is 8.34. The molecule has 0 spiro atoms. The lowest BCUT2D eigenvalue weighted by molar-refractivity contribution is 0.101. The lowest BCUT2D eigenvalue weighted by Crippen LogP contribution is -2.18. The van der Waals surface area contributed by atoms with Crippen molar-refractivity contribution in [1.29, 1.82) is 0 Å². The van der Waals surface area contributed by atoms with Gasteiger partial charge in [0.25, 0.3) is 5.91 Å². The van der Waals surface area contributed by atoms with Gasteiger partial charge in [-0.05, 0) is 57.0 Å². The summed E-state index contributed by atoms with van der Waals surface area (Å²) in [7, 11) is 2.06. The average Bonchev–Trinajstić information content (AvgIpc) is 3.16. The number of hydrogen-bond donors (Lipinski definition) is 1. The van der Waals surface area contributed by atoms with Gasteiger partial charge in [0, 0.05) is 24.2 Å². The number of rotatable bonds is 3. The molecular weight excluding hydrogens is 334 g/mol. The van der Waals surface area contributed by atoms with Crippen molar-refractivity contribution in [2.45, 2.75) is 33.7 Å². The van der Waals surface area contributed by atoms with Gasteiger partial charge in [-0.1, -0.05) is 30.3 Å². The topological polar surface area (TPSA) is 39.0 Å². The second-order valence-electron chi connectivity index (χ2n) is 7.50. The van der Waals surface area contributed by atoms with Crippen molar-refractivity contribution in [3.63, 3.8) is 0 Å². The van der Waals surface area contributed by atoms with Crippen molar-refractivity contribution >= 4 is 33.5 Å². The van der Waals surface area contributed by atoms with E-state index < -0.39 is 0 Å². The molecule has 4 nitrogen and oxygen atoms in total. The highest BCUT2D eigenvalue weighted by Gasteiger charge is 2.22. The van der Waals surface area contributed by atoms with Crippen LogP contribution in [0.3, 0.4) is 0 Å². The van der Waals surface area contributed by atoms with Crippen LogP contribution in [0, 0.1) is 13.8 Å². The first-order valence-corrected chi connectivity index (χ1v) is 9.36. The summed E-state index contributed by atoms with van der Waals surface area (Å²) < 4.78 is 4.32. The molecule has 0 unspecified atom stereocenters. The maximum absolute atomic E-state index is 13.2. The fourth-order valence-electron chi connectivity index (χ4n) is 3.91. The molecule has 2 aromatic carbocycles. The van der Waals surface area contributed by atoms with Crippen molar-refractivity contribution < 1.29 is 4.79 Å². The minimum Gasteiger partial charge on any atom is -0.342 e. The molecule has 4 aromatic rings. The molecule has 0 saturated heterocycles. The van der Waals surface area contributed by atoms with Crippen LogP contribution in [0.4, 0.5) is 5.69 Å². The van der Waals surface area contributed by atoms with E-state index in [4.69, 9.17) is 0 Å². The lowest BCUT2D eigenvalue weighted by Gasteiger charge is -2.16. The normalized spacial score (nSPS) is 11.6. The van der Waals surface area contributed by atoms with Crippen molar-refractivity contribution in [1.82, 2.24) is 9.13 Å². The summed E-state index contributed by atoms with van der Waals surface area (Å²) >= 11 is 0. The van der Waals surface area contributed by atoms with E-state index in [0.29, 0.717) is 5.69 Å². The maximum atomic E-state index is 13.2. The third-order valence-corrected chi connectivity index (χ3v) is 5.50. The fourth-order valence-corrected chi connectivity index (χ4v) is 3.91. The molecule has 1 amide bonds. The molecule has 0 bridgehead atoms. The molecule has 1 N–H and O–H groups in total. The standard InChI is InChI=1S/C23H25N3O/c1-14(2)26-21(23(27)24-18-11-8-9-15(3)16(18)4)13-20-22(26)17-10-6-7-12-19(17)25(20)5/h6-14H,1-5H3,(H,24,27). The van der Waals surface area contributed by atoms with E-state index in [1.54, 1.807) is 0 Å². The summed E-state index contributed by atoms with van der Waals surface area (Å²) in [5.41, 5.74) is 7.21. The molecule has 0 radical (unpaired) electrons. The van der Waals surface area contributed by atoms with Crippen molar-refractivity contribution in [3.05, 3.63) is 65.4 Å². The Balaban J connectivity index is 1.89. The van der Waals surface area contributed by atoms with Gasteiger partial charge in [0.1, 0.15) is 5.69 Å². The first-order chi connectivity index (χ1) is 12.9. The fraction of sp³-hybridized carbons (Fsp3) is 0.261. The van der Waals surface area contributed by atoms with Gasteiger partial charge in [-0.2, -0.15) is 0 Å². The number of aromatic nitrogens is 2. The number of amides is 1. The Labute approximate surface area is 159 Å². The zero-order valence-corrected chi connectivity index (χ0v) is 16.5. The molecular formula is C23H25N3O. The van der Waals surface area contributed by atoms with Crippen molar-refractivity contribution in [3.8, 4) is 0 Å². The van der Waals surface area contributed by atoms with E-state index in [2.05, 4.69) is 72.6 Å². The Bertz CT molecular complexity index is 1180. The van der Waals surface area contributed by atoms with E-state index in [1.165, 1.54) is 16.5 Å². The number of anilines is 1. The molecule has 2 aromatic heterocycles. The average molecular weight is 359 g/mol. The number of para-hydroxylation sites is 1. The number of nitrogens with zero attached hydrogens (tertiary/aromatic N) is 2. The molecule has 0 aliphatic heterocycles. The van der Waals surface area contributed by atoms with Gasteiger partial charge in [-0.3, -0.25) is 4.79 Å². The summed E-state index contributed by atoms with van der Waals surface area (Å²) in [5.74, 6) is -0.0716. The molecule has 4 heteroatoms. The quantitative estimate of drug-likeness (QED) is 0.509. The van der Waals surface area contributed by atoms with Crippen LogP contribution in [0.5, 0.6) is 0 Å². The van der Waals surface area contributed by atoms with Crippen molar-refractivity contribution in [2.75, 3.05) is 5.32 Å². The molecule has 138 valence electrons. The van der Waals surface area contributed by atoms with E-state index in [-0.39, 0.29) is 11.9 Å². The Hall–Kier alpha value is -3.01. The van der Waals surface area contributed by atoms with Crippen LogP contribution in [-0.2, 0) is 7.05 Å². The smallest absolute Gasteiger partial charge is 0.272 e. The molecule has 0 atom stereocenters. The Morgan fingerprint density at radius 3 is 2.48 bits per heavy atom. The molecule has 2 heterocycles. The van der Waals surface area contributed by atoms with Crippen molar-refractivity contribution in [2.24, 2.45) is 7.05 Å². The van der Waals surface area contributed by atoms with E-state index in [1.807, 2.05) is 25.1 Å². The Morgan fingerprint density at radius 2 is 1.74 bits per heavy atom. The first-order valence-electron chi connectivity index (χ1n) is 9.36. The van der Waals surface area contributed by atoms with Crippen LogP contribution in [0.25, 0.3) is 21.9 Å². The lowest BCUT2D eigenvalue weighted by atomic mass is 10.1. The van der Waals surface area contributed by atoms with Gasteiger partial charge in [-0.15, -0.1) is 0 Å². The third-order valence-electron chi connectivity index (χ3n) is 5.50. The third kappa shape index (κ3) is 2.64. The number of benzene rings is 2. The largest absolute Gasteiger partial charge is 0.342 e. The van der Waals surface area contributed by atoms with Gasteiger partial charge in [0.2, 0.25) is 0 Å². The van der Waals surface area contributed by atoms with Gasteiger partial charge in [0.15, 0.2) is 0 Å². The summed E-state index contributed by atoms with van der Waals surface area (Å²) in [4.78, 5) is 13.2. The monoisotopic (exact) mass is 359 g/mol. The molecule has 4 rings (SSSR count). The van der Waals surface area contributed by atoms with Crippen LogP contribution in [0.15, 0.2) is 48.5 Å². The van der Waals surface area contributed by atoms with E-state index in [0.717, 1.165) is 22.3 Å². The summed E-state index contributed by atoms with van der Waals surface area (Å²) in [5, 5.41) is 4.29. The summed E-state index contributed by atoms with van der Waals surface area (Å²) in [6.07, 6.45) is 0. The number of carbonyl (C=O) groups excluding carboxylic acids is 1. The molecule has 0 aliphatic carbocycles. The van der Waals surface area contributed by atoms with E-state index >= 15 is 0 Å². The minimum absolute atomic E-state index is 0.0716. The highest BCUT2D eigenvalue weighted by atomic mass is 16.2.